The Morgan fingerprint density at radius 3 is 2.45 bits per heavy atom. The number of hydrogen-bond acceptors (Lipinski definition) is 6. The van der Waals surface area contributed by atoms with Crippen LogP contribution < -0.4 is 0 Å². The van der Waals surface area contributed by atoms with Crippen molar-refractivity contribution in [1.82, 2.24) is 30.2 Å². The lowest BCUT2D eigenvalue weighted by Gasteiger charge is -2.14. The molecule has 2 heterocycles. The molecule has 0 aliphatic heterocycles. The summed E-state index contributed by atoms with van der Waals surface area (Å²) in [4.78, 5) is 4.36. The number of nitrogens with one attached hydrogen (secondary N) is 1. The Kier molecular flexibility index (Phi) is 6.41. The minimum atomic E-state index is -1.68. The summed E-state index contributed by atoms with van der Waals surface area (Å²) in [6, 6.07) is 15.9. The summed E-state index contributed by atoms with van der Waals surface area (Å²) in [5, 5.41) is 34.1. The molecule has 0 amide bonds. The molecule has 0 fully saturated rings. The number of aryl methyl sites for hydroxylation is 1. The van der Waals surface area contributed by atoms with E-state index in [-0.39, 0.29) is 10.8 Å². The number of aromatic amines is 1. The Morgan fingerprint density at radius 2 is 1.81 bits per heavy atom. The standard InChI is InChI=1S/C22H23ClN6O2/c1-2-3-8-18-24-20(23)19(22(30)31)29(18)13-14-9-11-15(12-10-14)16-6-4-5-7-17(16)21-25-27-28-26-21/h4-7,9-12,22,30-31H,2-3,8,13H2,1H3,(H,25,26,27,28). The molecule has 9 heteroatoms. The molecule has 0 aliphatic carbocycles. The van der Waals surface area contributed by atoms with E-state index in [1.807, 2.05) is 48.5 Å². The third-order valence-corrected chi connectivity index (χ3v) is 5.44. The topological polar surface area (TPSA) is 113 Å². The van der Waals surface area contributed by atoms with Gasteiger partial charge in [0.2, 0.25) is 5.82 Å². The molecule has 0 atom stereocenters. The molecule has 0 aliphatic rings. The fourth-order valence-corrected chi connectivity index (χ4v) is 3.90. The van der Waals surface area contributed by atoms with Gasteiger partial charge < -0.3 is 14.8 Å². The highest BCUT2D eigenvalue weighted by Gasteiger charge is 2.21. The molecule has 2 aromatic carbocycles. The Hall–Kier alpha value is -3.07. The molecule has 0 saturated heterocycles. The average molecular weight is 439 g/mol. The van der Waals surface area contributed by atoms with Crippen molar-refractivity contribution in [3.8, 4) is 22.5 Å². The van der Waals surface area contributed by atoms with Crippen molar-refractivity contribution in [2.45, 2.75) is 39.0 Å². The molecule has 8 nitrogen and oxygen atoms in total. The predicted octanol–water partition coefficient (Wildman–Crippen LogP) is 3.76. The number of aliphatic hydroxyl groups is 2. The number of imidazole rings is 1. The van der Waals surface area contributed by atoms with Crippen molar-refractivity contribution in [2.24, 2.45) is 0 Å². The number of aromatic nitrogens is 6. The lowest BCUT2D eigenvalue weighted by atomic mass is 9.98. The fourth-order valence-electron chi connectivity index (χ4n) is 3.61. The summed E-state index contributed by atoms with van der Waals surface area (Å²) in [7, 11) is 0. The average Bonchev–Trinajstić information content (AvgIpc) is 3.41. The molecular weight excluding hydrogens is 416 g/mol. The molecule has 0 radical (unpaired) electrons. The van der Waals surface area contributed by atoms with Crippen LogP contribution in [0.1, 0.15) is 43.1 Å². The van der Waals surface area contributed by atoms with Crippen LogP contribution in [0.5, 0.6) is 0 Å². The van der Waals surface area contributed by atoms with Crippen molar-refractivity contribution in [3.63, 3.8) is 0 Å². The minimum Gasteiger partial charge on any atom is -0.363 e. The van der Waals surface area contributed by atoms with E-state index in [2.05, 4.69) is 32.5 Å². The summed E-state index contributed by atoms with van der Waals surface area (Å²) >= 11 is 6.19. The van der Waals surface area contributed by atoms with Crippen LogP contribution >= 0.6 is 11.6 Å². The number of H-pyrrole nitrogens is 1. The quantitative estimate of drug-likeness (QED) is 0.361. The fraction of sp³-hybridized carbons (Fsp3) is 0.273. The number of hydrogen-bond donors (Lipinski definition) is 3. The smallest absolute Gasteiger partial charge is 0.205 e. The molecule has 0 spiro atoms. The van der Waals surface area contributed by atoms with Crippen LogP contribution in [-0.2, 0) is 13.0 Å². The SMILES string of the molecule is CCCCc1nc(Cl)c(C(O)O)n1Cc1ccc(-c2ccccc2-c2nn[nH]n2)cc1. The van der Waals surface area contributed by atoms with E-state index >= 15 is 0 Å². The van der Waals surface area contributed by atoms with Gasteiger partial charge in [0, 0.05) is 18.5 Å². The van der Waals surface area contributed by atoms with Crippen LogP contribution in [0.15, 0.2) is 48.5 Å². The van der Waals surface area contributed by atoms with Crippen LogP contribution in [-0.4, -0.2) is 40.4 Å². The van der Waals surface area contributed by atoms with Gasteiger partial charge in [-0.2, -0.15) is 5.21 Å². The largest absolute Gasteiger partial charge is 0.363 e. The first kappa shape index (κ1) is 21.2. The lowest BCUT2D eigenvalue weighted by molar-refractivity contribution is -0.0481. The normalized spacial score (nSPS) is 11.4. The zero-order valence-electron chi connectivity index (χ0n) is 17.0. The van der Waals surface area contributed by atoms with E-state index in [4.69, 9.17) is 11.6 Å². The predicted molar refractivity (Wildman–Crippen MR) is 117 cm³/mol. The summed E-state index contributed by atoms with van der Waals surface area (Å²) in [5.74, 6) is 1.29. The first-order valence-corrected chi connectivity index (χ1v) is 10.5. The second-order valence-corrected chi connectivity index (χ2v) is 7.60. The maximum atomic E-state index is 9.81. The van der Waals surface area contributed by atoms with Gasteiger partial charge in [-0.3, -0.25) is 0 Å². The third-order valence-electron chi connectivity index (χ3n) is 5.16. The van der Waals surface area contributed by atoms with Crippen LogP contribution in [0.25, 0.3) is 22.5 Å². The van der Waals surface area contributed by atoms with E-state index in [1.54, 1.807) is 4.57 Å². The van der Waals surface area contributed by atoms with Gasteiger partial charge in [0.05, 0.1) is 0 Å². The van der Waals surface area contributed by atoms with E-state index in [0.29, 0.717) is 12.4 Å². The Labute approximate surface area is 184 Å². The maximum absolute atomic E-state index is 9.81. The summed E-state index contributed by atoms with van der Waals surface area (Å²) < 4.78 is 1.80. The van der Waals surface area contributed by atoms with Crippen molar-refractivity contribution in [1.29, 1.82) is 0 Å². The molecule has 2 aromatic heterocycles. The van der Waals surface area contributed by atoms with Gasteiger partial charge in [-0.15, -0.1) is 10.2 Å². The molecular formula is C22H23ClN6O2. The van der Waals surface area contributed by atoms with Gasteiger partial charge in [-0.25, -0.2) is 4.98 Å². The molecule has 0 bridgehead atoms. The molecule has 4 aromatic rings. The van der Waals surface area contributed by atoms with Crippen molar-refractivity contribution < 1.29 is 10.2 Å². The molecule has 4 rings (SSSR count). The Morgan fingerprint density at radius 1 is 1.06 bits per heavy atom. The Balaban J connectivity index is 1.64. The van der Waals surface area contributed by atoms with Gasteiger partial charge >= 0.3 is 0 Å². The van der Waals surface area contributed by atoms with Gasteiger partial charge in [0.15, 0.2) is 11.4 Å². The second kappa shape index (κ2) is 9.38. The van der Waals surface area contributed by atoms with Gasteiger partial charge in [-0.05, 0) is 28.3 Å². The van der Waals surface area contributed by atoms with E-state index in [1.165, 1.54) is 0 Å². The van der Waals surface area contributed by atoms with Crippen molar-refractivity contribution in [3.05, 3.63) is 70.8 Å². The van der Waals surface area contributed by atoms with E-state index in [9.17, 15) is 10.2 Å². The van der Waals surface area contributed by atoms with Gasteiger partial charge in [0.25, 0.3) is 0 Å². The van der Waals surface area contributed by atoms with E-state index < -0.39 is 6.29 Å². The van der Waals surface area contributed by atoms with Crippen molar-refractivity contribution in [2.75, 3.05) is 0 Å². The highest BCUT2D eigenvalue weighted by molar-refractivity contribution is 6.30. The zero-order valence-corrected chi connectivity index (χ0v) is 17.8. The van der Waals surface area contributed by atoms with Crippen molar-refractivity contribution >= 4 is 11.6 Å². The maximum Gasteiger partial charge on any atom is 0.205 e. The molecule has 3 N–H and O–H groups in total. The molecule has 31 heavy (non-hydrogen) atoms. The number of nitrogens with zero attached hydrogens (tertiary/aromatic N) is 5. The molecule has 160 valence electrons. The second-order valence-electron chi connectivity index (χ2n) is 7.25. The minimum absolute atomic E-state index is 0.131. The zero-order chi connectivity index (χ0) is 21.8. The third kappa shape index (κ3) is 4.51. The van der Waals surface area contributed by atoms with Crippen LogP contribution in [0.3, 0.4) is 0 Å². The monoisotopic (exact) mass is 438 g/mol. The number of unbranched alkanes of at least 4 members (excludes halogenated alkanes) is 1. The number of benzene rings is 2. The van der Waals surface area contributed by atoms with Crippen LogP contribution in [0, 0.1) is 0 Å². The summed E-state index contributed by atoms with van der Waals surface area (Å²) in [6.45, 7) is 2.54. The van der Waals surface area contributed by atoms with Crippen LogP contribution in [0.2, 0.25) is 5.15 Å². The molecule has 0 unspecified atom stereocenters. The number of rotatable bonds is 8. The van der Waals surface area contributed by atoms with E-state index in [0.717, 1.165) is 47.3 Å². The number of aliphatic hydroxyl groups excluding tert-OH is 1. The van der Waals surface area contributed by atoms with Gasteiger partial charge in [-0.1, -0.05) is 73.5 Å². The highest BCUT2D eigenvalue weighted by Crippen LogP contribution is 2.30. The highest BCUT2D eigenvalue weighted by atomic mass is 35.5. The van der Waals surface area contributed by atoms with Gasteiger partial charge in [0.1, 0.15) is 11.5 Å². The number of tetrazole rings is 1. The first-order chi connectivity index (χ1) is 15.1. The first-order valence-electron chi connectivity index (χ1n) is 10.1. The summed E-state index contributed by atoms with van der Waals surface area (Å²) in [5.41, 5.74) is 4.12. The molecule has 0 saturated carbocycles. The Bertz CT molecular complexity index is 1140. The van der Waals surface area contributed by atoms with Crippen LogP contribution in [0.4, 0.5) is 0 Å². The summed E-state index contributed by atoms with van der Waals surface area (Å²) in [6.07, 6.45) is 0.992. The lowest BCUT2D eigenvalue weighted by Crippen LogP contribution is -2.12. The number of halogens is 1.